The lowest BCUT2D eigenvalue weighted by Gasteiger charge is -2.31. The average molecular weight is 287 g/mol. The molecule has 1 amide bonds. The predicted octanol–water partition coefficient (Wildman–Crippen LogP) is 3.02. The first-order chi connectivity index (χ1) is 10.3. The number of carbonyl (C=O) groups excluding carboxylic acids is 1. The van der Waals surface area contributed by atoms with E-state index in [4.69, 9.17) is 0 Å². The Kier molecular flexibility index (Phi) is 4.59. The van der Waals surface area contributed by atoms with Crippen LogP contribution in [0.4, 0.5) is 0 Å². The van der Waals surface area contributed by atoms with Crippen molar-refractivity contribution in [2.75, 3.05) is 13.1 Å². The number of hydrogen-bond donors (Lipinski definition) is 1. The van der Waals surface area contributed by atoms with E-state index in [-0.39, 0.29) is 12.0 Å². The van der Waals surface area contributed by atoms with Crippen molar-refractivity contribution in [1.29, 1.82) is 0 Å². The first-order valence-corrected chi connectivity index (χ1v) is 8.31. The minimum Gasteiger partial charge on any atom is -0.391 e. The molecule has 1 aliphatic heterocycles. The summed E-state index contributed by atoms with van der Waals surface area (Å²) in [6.07, 6.45) is 7.54. The molecular weight excluding hydrogens is 262 g/mol. The fourth-order valence-electron chi connectivity index (χ4n) is 3.75. The Labute approximate surface area is 127 Å². The number of aliphatic hydroxyl groups excluding tert-OH is 1. The van der Waals surface area contributed by atoms with E-state index >= 15 is 0 Å². The molecule has 1 aromatic rings. The van der Waals surface area contributed by atoms with Gasteiger partial charge in [-0.2, -0.15) is 0 Å². The summed E-state index contributed by atoms with van der Waals surface area (Å²) in [5, 5.41) is 10.5. The molecule has 1 N–H and O–H groups in total. The van der Waals surface area contributed by atoms with E-state index in [2.05, 4.69) is 0 Å². The number of carbonyl (C=O) groups is 1. The molecule has 1 aliphatic carbocycles. The van der Waals surface area contributed by atoms with Crippen molar-refractivity contribution >= 4 is 5.91 Å². The van der Waals surface area contributed by atoms with Crippen LogP contribution in [0.15, 0.2) is 24.3 Å². The third-order valence-corrected chi connectivity index (χ3v) is 5.01. The van der Waals surface area contributed by atoms with Crippen molar-refractivity contribution in [3.8, 4) is 0 Å². The standard InChI is InChI=1S/C18H25NO2/c20-17(15-8-2-1-3-9-15)13-19-12-6-10-14-7-4-5-11-16(14)18(19)21/h4-5,7,11,15,17,20H,1-3,6,8-10,12-13H2. The monoisotopic (exact) mass is 287 g/mol. The number of aryl methyl sites for hydroxylation is 1. The van der Waals surface area contributed by atoms with Gasteiger partial charge in [0.25, 0.3) is 5.91 Å². The lowest BCUT2D eigenvalue weighted by Crippen LogP contribution is -2.40. The number of aliphatic hydroxyl groups is 1. The maximum atomic E-state index is 12.7. The van der Waals surface area contributed by atoms with Crippen LogP contribution < -0.4 is 0 Å². The van der Waals surface area contributed by atoms with E-state index in [9.17, 15) is 9.90 Å². The van der Waals surface area contributed by atoms with Gasteiger partial charge in [0.2, 0.25) is 0 Å². The molecule has 1 atom stereocenters. The molecule has 1 unspecified atom stereocenters. The Balaban J connectivity index is 1.69. The second kappa shape index (κ2) is 6.61. The Morgan fingerprint density at radius 2 is 1.90 bits per heavy atom. The van der Waals surface area contributed by atoms with Crippen molar-refractivity contribution < 1.29 is 9.90 Å². The Morgan fingerprint density at radius 3 is 2.71 bits per heavy atom. The topological polar surface area (TPSA) is 40.5 Å². The third-order valence-electron chi connectivity index (χ3n) is 5.01. The summed E-state index contributed by atoms with van der Waals surface area (Å²) in [7, 11) is 0. The fourth-order valence-corrected chi connectivity index (χ4v) is 3.75. The lowest BCUT2D eigenvalue weighted by atomic mass is 9.85. The van der Waals surface area contributed by atoms with Crippen LogP contribution in [-0.2, 0) is 6.42 Å². The average Bonchev–Trinajstić information content (AvgIpc) is 2.69. The number of fused-ring (bicyclic) bond motifs is 1. The smallest absolute Gasteiger partial charge is 0.254 e. The van der Waals surface area contributed by atoms with Crippen LogP contribution in [0.1, 0.15) is 54.4 Å². The van der Waals surface area contributed by atoms with E-state index in [1.807, 2.05) is 29.2 Å². The minimum atomic E-state index is -0.362. The molecule has 114 valence electrons. The normalized spacial score (nSPS) is 21.8. The summed E-state index contributed by atoms with van der Waals surface area (Å²) < 4.78 is 0. The summed E-state index contributed by atoms with van der Waals surface area (Å²) in [5.74, 6) is 0.475. The highest BCUT2D eigenvalue weighted by Gasteiger charge is 2.28. The molecule has 3 nitrogen and oxygen atoms in total. The molecule has 3 rings (SSSR count). The van der Waals surface area contributed by atoms with Gasteiger partial charge in [-0.25, -0.2) is 0 Å². The molecular formula is C18H25NO2. The summed E-state index contributed by atoms with van der Waals surface area (Å²) in [6.45, 7) is 1.26. The molecule has 2 aliphatic rings. The number of β-amino-alcohol motifs (C(OH)–C–C–N with tert-alkyl or cyclic N) is 1. The SMILES string of the molecule is O=C1c2ccccc2CCCN1CC(O)C1CCCCC1. The molecule has 0 spiro atoms. The maximum absolute atomic E-state index is 12.7. The second-order valence-electron chi connectivity index (χ2n) is 6.48. The zero-order valence-corrected chi connectivity index (χ0v) is 12.6. The lowest BCUT2D eigenvalue weighted by molar-refractivity contribution is 0.0390. The molecule has 1 heterocycles. The summed E-state index contributed by atoms with van der Waals surface area (Å²) >= 11 is 0. The van der Waals surface area contributed by atoms with Crippen LogP contribution in [0.5, 0.6) is 0 Å². The number of rotatable bonds is 3. The van der Waals surface area contributed by atoms with E-state index in [1.165, 1.54) is 19.3 Å². The van der Waals surface area contributed by atoms with Crippen LogP contribution >= 0.6 is 0 Å². The largest absolute Gasteiger partial charge is 0.391 e. The van der Waals surface area contributed by atoms with Crippen molar-refractivity contribution in [2.24, 2.45) is 5.92 Å². The van der Waals surface area contributed by atoms with Crippen molar-refractivity contribution in [3.05, 3.63) is 35.4 Å². The molecule has 0 saturated heterocycles. The number of nitrogens with zero attached hydrogens (tertiary/aromatic N) is 1. The first kappa shape index (κ1) is 14.6. The summed E-state index contributed by atoms with van der Waals surface area (Å²) in [4.78, 5) is 14.5. The molecule has 0 bridgehead atoms. The minimum absolute atomic E-state index is 0.0953. The van der Waals surface area contributed by atoms with Crippen molar-refractivity contribution in [3.63, 3.8) is 0 Å². The Morgan fingerprint density at radius 1 is 1.14 bits per heavy atom. The van der Waals surface area contributed by atoms with Gasteiger partial charge < -0.3 is 10.0 Å². The molecule has 0 radical (unpaired) electrons. The Hall–Kier alpha value is -1.35. The highest BCUT2D eigenvalue weighted by Crippen LogP contribution is 2.27. The van der Waals surface area contributed by atoms with Crippen molar-refractivity contribution in [2.45, 2.75) is 51.0 Å². The highest BCUT2D eigenvalue weighted by molar-refractivity contribution is 5.96. The number of amides is 1. The third kappa shape index (κ3) is 3.29. The number of benzene rings is 1. The highest BCUT2D eigenvalue weighted by atomic mass is 16.3. The summed E-state index contributed by atoms with van der Waals surface area (Å²) in [6, 6.07) is 7.90. The zero-order chi connectivity index (χ0) is 14.7. The van der Waals surface area contributed by atoms with Crippen LogP contribution in [0.3, 0.4) is 0 Å². The molecule has 21 heavy (non-hydrogen) atoms. The van der Waals surface area contributed by atoms with Gasteiger partial charge in [-0.15, -0.1) is 0 Å². The molecule has 1 fully saturated rings. The van der Waals surface area contributed by atoms with Gasteiger partial charge in [-0.05, 0) is 43.2 Å². The van der Waals surface area contributed by atoms with E-state index in [1.54, 1.807) is 0 Å². The first-order valence-electron chi connectivity index (χ1n) is 8.31. The van der Waals surface area contributed by atoms with Gasteiger partial charge >= 0.3 is 0 Å². The quantitative estimate of drug-likeness (QED) is 0.928. The van der Waals surface area contributed by atoms with Gasteiger partial charge in [-0.3, -0.25) is 4.79 Å². The van der Waals surface area contributed by atoms with Gasteiger partial charge in [0.05, 0.1) is 6.10 Å². The predicted molar refractivity (Wildman–Crippen MR) is 83.2 cm³/mol. The van der Waals surface area contributed by atoms with E-state index in [0.717, 1.165) is 43.4 Å². The van der Waals surface area contributed by atoms with Crippen LogP contribution in [0, 0.1) is 5.92 Å². The van der Waals surface area contributed by atoms with Gasteiger partial charge in [0.15, 0.2) is 0 Å². The second-order valence-corrected chi connectivity index (χ2v) is 6.48. The summed E-state index contributed by atoms with van der Waals surface area (Å²) in [5.41, 5.74) is 1.98. The van der Waals surface area contributed by atoms with Crippen molar-refractivity contribution in [1.82, 2.24) is 4.90 Å². The van der Waals surface area contributed by atoms with Gasteiger partial charge in [0.1, 0.15) is 0 Å². The Bertz CT molecular complexity index is 494. The van der Waals surface area contributed by atoms with E-state index < -0.39 is 0 Å². The number of hydrogen-bond acceptors (Lipinski definition) is 2. The van der Waals surface area contributed by atoms with E-state index in [0.29, 0.717) is 12.5 Å². The van der Waals surface area contributed by atoms with Crippen LogP contribution in [0.2, 0.25) is 0 Å². The molecule has 1 aromatic carbocycles. The molecule has 0 aromatic heterocycles. The van der Waals surface area contributed by atoms with Crippen LogP contribution in [0.25, 0.3) is 0 Å². The maximum Gasteiger partial charge on any atom is 0.254 e. The van der Waals surface area contributed by atoms with Gasteiger partial charge in [-0.1, -0.05) is 37.5 Å². The molecule has 3 heteroatoms. The molecule has 1 saturated carbocycles. The fraction of sp³-hybridized carbons (Fsp3) is 0.611. The van der Waals surface area contributed by atoms with Crippen LogP contribution in [-0.4, -0.2) is 35.1 Å². The van der Waals surface area contributed by atoms with Gasteiger partial charge in [0, 0.05) is 18.7 Å². The zero-order valence-electron chi connectivity index (χ0n) is 12.6.